The molecule has 6 heteroatoms. The Hall–Kier alpha value is -0.290. The number of hydrogen-bond donors (Lipinski definition) is 1. The van der Waals surface area contributed by atoms with E-state index >= 15 is 0 Å². The van der Waals surface area contributed by atoms with Crippen LogP contribution in [0.5, 0.6) is 0 Å². The van der Waals surface area contributed by atoms with Crippen molar-refractivity contribution in [1.29, 1.82) is 0 Å². The molecule has 1 N–H and O–H groups in total. The highest BCUT2D eigenvalue weighted by Crippen LogP contribution is 2.32. The maximum Gasteiger partial charge on any atom is 0.272 e. The smallest absolute Gasteiger partial charge is 0.272 e. The maximum atomic E-state index is 11.1. The first-order valence-corrected chi connectivity index (χ1v) is 6.53. The molecule has 0 aromatic heterocycles. The summed E-state index contributed by atoms with van der Waals surface area (Å²) in [5, 5.41) is -0.330. The van der Waals surface area contributed by atoms with Crippen molar-refractivity contribution in [3.63, 3.8) is 0 Å². The van der Waals surface area contributed by atoms with Crippen LogP contribution in [-0.4, -0.2) is 13.0 Å². The van der Waals surface area contributed by atoms with Crippen LogP contribution in [0.4, 0.5) is 0 Å². The highest BCUT2D eigenvalue weighted by molar-refractivity contribution is 7.86. The van der Waals surface area contributed by atoms with Gasteiger partial charge >= 0.3 is 0 Å². The molecule has 0 amide bonds. The fourth-order valence-electron chi connectivity index (χ4n) is 1.35. The van der Waals surface area contributed by atoms with E-state index in [9.17, 15) is 8.42 Å². The van der Waals surface area contributed by atoms with Crippen LogP contribution in [0.15, 0.2) is 18.2 Å². The predicted octanol–water partition coefficient (Wildman–Crippen LogP) is 3.33. The van der Waals surface area contributed by atoms with E-state index in [1.165, 1.54) is 18.2 Å². The van der Waals surface area contributed by atoms with Crippen LogP contribution in [0, 0.1) is 0 Å². The van der Waals surface area contributed by atoms with Crippen LogP contribution in [-0.2, 0) is 10.1 Å². The third-order valence-corrected chi connectivity index (χ3v) is 3.91. The van der Waals surface area contributed by atoms with E-state index in [0.717, 1.165) is 0 Å². The van der Waals surface area contributed by atoms with E-state index in [4.69, 9.17) is 27.8 Å². The Bertz CT molecular complexity index is 456. The van der Waals surface area contributed by atoms with Gasteiger partial charge in [0.1, 0.15) is 5.25 Å². The quantitative estimate of drug-likeness (QED) is 0.856. The summed E-state index contributed by atoms with van der Waals surface area (Å²) in [4.78, 5) is 0. The van der Waals surface area contributed by atoms with E-state index in [-0.39, 0.29) is 11.4 Å². The van der Waals surface area contributed by atoms with Gasteiger partial charge in [0, 0.05) is 10.0 Å². The Morgan fingerprint density at radius 1 is 1.40 bits per heavy atom. The van der Waals surface area contributed by atoms with Crippen molar-refractivity contribution in [2.75, 3.05) is 0 Å². The van der Waals surface area contributed by atoms with Crippen molar-refractivity contribution >= 4 is 33.3 Å². The molecule has 0 heterocycles. The first kappa shape index (κ1) is 12.8. The Morgan fingerprint density at radius 3 is 2.40 bits per heavy atom. The van der Waals surface area contributed by atoms with Gasteiger partial charge in [-0.3, -0.25) is 4.55 Å². The topological polar surface area (TPSA) is 54.4 Å². The molecule has 0 aliphatic heterocycles. The van der Waals surface area contributed by atoms with Gasteiger partial charge in [-0.05, 0) is 24.1 Å². The molecule has 1 aromatic rings. The molecule has 1 atom stereocenters. The minimum atomic E-state index is -4.13. The van der Waals surface area contributed by atoms with E-state index in [1.54, 1.807) is 6.92 Å². The standard InChI is InChI=1S/C9H10Cl2O3S/c1-2-9(15(12,13)14)7-4-3-6(10)5-8(7)11/h3-5,9H,2H2,1H3,(H,12,13,14). The molecular formula is C9H10Cl2O3S. The zero-order valence-corrected chi connectivity index (χ0v) is 10.3. The van der Waals surface area contributed by atoms with E-state index < -0.39 is 15.4 Å². The molecule has 0 fully saturated rings. The largest absolute Gasteiger partial charge is 0.285 e. The highest BCUT2D eigenvalue weighted by Gasteiger charge is 2.25. The normalized spacial score (nSPS) is 13.9. The van der Waals surface area contributed by atoms with Crippen molar-refractivity contribution in [3.05, 3.63) is 33.8 Å². The second kappa shape index (κ2) is 4.70. The summed E-state index contributed by atoms with van der Waals surface area (Å²) >= 11 is 11.5. The lowest BCUT2D eigenvalue weighted by molar-refractivity contribution is 0.466. The molecule has 0 saturated heterocycles. The molecule has 15 heavy (non-hydrogen) atoms. The van der Waals surface area contributed by atoms with E-state index in [1.807, 2.05) is 0 Å². The summed E-state index contributed by atoms with van der Waals surface area (Å²) in [5.74, 6) is 0. The minimum absolute atomic E-state index is 0.243. The molecule has 0 saturated carbocycles. The Balaban J connectivity index is 3.25. The Morgan fingerprint density at radius 2 is 2.00 bits per heavy atom. The van der Waals surface area contributed by atoms with Gasteiger partial charge in [0.25, 0.3) is 10.1 Å². The summed E-state index contributed by atoms with van der Waals surface area (Å²) in [6, 6.07) is 4.50. The summed E-state index contributed by atoms with van der Waals surface area (Å²) in [7, 11) is -4.13. The van der Waals surface area contributed by atoms with Crippen LogP contribution >= 0.6 is 23.2 Å². The van der Waals surface area contributed by atoms with Gasteiger partial charge in [0.15, 0.2) is 0 Å². The molecule has 0 bridgehead atoms. The third-order valence-electron chi connectivity index (χ3n) is 2.04. The summed E-state index contributed by atoms with van der Waals surface area (Å²) in [6.45, 7) is 1.66. The third kappa shape index (κ3) is 3.08. The molecule has 0 radical (unpaired) electrons. The van der Waals surface area contributed by atoms with Gasteiger partial charge in [-0.2, -0.15) is 8.42 Å². The molecule has 3 nitrogen and oxygen atoms in total. The number of halogens is 2. The molecule has 1 unspecified atom stereocenters. The average Bonchev–Trinajstić information content (AvgIpc) is 2.07. The fourth-order valence-corrected chi connectivity index (χ4v) is 2.91. The fraction of sp³-hybridized carbons (Fsp3) is 0.333. The highest BCUT2D eigenvalue weighted by atomic mass is 35.5. The van der Waals surface area contributed by atoms with Crippen molar-refractivity contribution < 1.29 is 13.0 Å². The zero-order valence-electron chi connectivity index (χ0n) is 7.94. The van der Waals surface area contributed by atoms with E-state index in [2.05, 4.69) is 0 Å². The number of benzene rings is 1. The first-order chi connectivity index (χ1) is 6.86. The van der Waals surface area contributed by atoms with Crippen LogP contribution in [0.1, 0.15) is 24.2 Å². The van der Waals surface area contributed by atoms with Crippen LogP contribution in [0.25, 0.3) is 0 Å². The Kier molecular flexibility index (Phi) is 4.00. The van der Waals surface area contributed by atoms with Crippen LogP contribution in [0.2, 0.25) is 10.0 Å². The van der Waals surface area contributed by atoms with Gasteiger partial charge < -0.3 is 0 Å². The van der Waals surface area contributed by atoms with E-state index in [0.29, 0.717) is 10.6 Å². The summed E-state index contributed by atoms with van der Waals surface area (Å²) < 4.78 is 31.1. The van der Waals surface area contributed by atoms with Crippen molar-refractivity contribution in [2.24, 2.45) is 0 Å². The molecular weight excluding hydrogens is 259 g/mol. The number of rotatable bonds is 3. The molecule has 0 aliphatic carbocycles. The molecule has 0 spiro atoms. The molecule has 0 aliphatic rings. The zero-order chi connectivity index (χ0) is 11.6. The minimum Gasteiger partial charge on any atom is -0.285 e. The lowest BCUT2D eigenvalue weighted by Crippen LogP contribution is -2.11. The summed E-state index contributed by atoms with van der Waals surface area (Å²) in [6.07, 6.45) is 0.250. The van der Waals surface area contributed by atoms with Crippen molar-refractivity contribution in [3.8, 4) is 0 Å². The predicted molar refractivity (Wildman–Crippen MR) is 61.0 cm³/mol. The molecule has 1 aromatic carbocycles. The first-order valence-electron chi connectivity index (χ1n) is 4.27. The lowest BCUT2D eigenvalue weighted by atomic mass is 10.1. The van der Waals surface area contributed by atoms with Crippen molar-refractivity contribution in [2.45, 2.75) is 18.6 Å². The second-order valence-electron chi connectivity index (χ2n) is 3.08. The van der Waals surface area contributed by atoms with Gasteiger partial charge in [-0.25, -0.2) is 0 Å². The Labute approximate surface area is 98.8 Å². The SMILES string of the molecule is CCC(c1ccc(Cl)cc1Cl)S(=O)(=O)O. The van der Waals surface area contributed by atoms with Crippen LogP contribution in [0.3, 0.4) is 0 Å². The van der Waals surface area contributed by atoms with Gasteiger partial charge in [-0.1, -0.05) is 36.2 Å². The molecule has 1 rings (SSSR count). The van der Waals surface area contributed by atoms with Crippen LogP contribution < -0.4 is 0 Å². The average molecular weight is 269 g/mol. The monoisotopic (exact) mass is 268 g/mol. The van der Waals surface area contributed by atoms with Gasteiger partial charge in [-0.15, -0.1) is 0 Å². The maximum absolute atomic E-state index is 11.1. The molecule has 84 valence electrons. The van der Waals surface area contributed by atoms with Gasteiger partial charge in [0.2, 0.25) is 0 Å². The number of hydrogen-bond acceptors (Lipinski definition) is 2. The second-order valence-corrected chi connectivity index (χ2v) is 5.52. The lowest BCUT2D eigenvalue weighted by Gasteiger charge is -2.13. The van der Waals surface area contributed by atoms with Gasteiger partial charge in [0.05, 0.1) is 0 Å². The van der Waals surface area contributed by atoms with Crippen molar-refractivity contribution in [1.82, 2.24) is 0 Å². The summed E-state index contributed by atoms with van der Waals surface area (Å²) in [5.41, 5.74) is 0.367.